The second-order valence-corrected chi connectivity index (χ2v) is 6.59. The van der Waals surface area contributed by atoms with Gasteiger partial charge in [0.15, 0.2) is 5.11 Å². The van der Waals surface area contributed by atoms with E-state index in [-0.39, 0.29) is 5.91 Å². The fourth-order valence-electron chi connectivity index (χ4n) is 2.84. The van der Waals surface area contributed by atoms with E-state index in [1.54, 1.807) is 25.3 Å². The highest BCUT2D eigenvalue weighted by atomic mass is 35.5. The highest BCUT2D eigenvalue weighted by Crippen LogP contribution is 2.32. The summed E-state index contributed by atoms with van der Waals surface area (Å²) in [4.78, 5) is 13.0. The average molecular weight is 388 g/mol. The molecule has 0 radical (unpaired) electrons. The summed E-state index contributed by atoms with van der Waals surface area (Å²) >= 11 is 11.6. The number of rotatable bonds is 4. The van der Waals surface area contributed by atoms with Crippen molar-refractivity contribution in [2.75, 3.05) is 12.4 Å². The van der Waals surface area contributed by atoms with Gasteiger partial charge in [0.05, 0.1) is 18.7 Å². The Labute approximate surface area is 162 Å². The Morgan fingerprint density at radius 2 is 2.00 bits per heavy atom. The number of hydrogen-bond acceptors (Lipinski definition) is 3. The van der Waals surface area contributed by atoms with Gasteiger partial charge in [-0.05, 0) is 42.9 Å². The minimum Gasteiger partial charge on any atom is -0.497 e. The van der Waals surface area contributed by atoms with Gasteiger partial charge in [-0.3, -0.25) is 4.79 Å². The van der Waals surface area contributed by atoms with Crippen molar-refractivity contribution in [3.05, 3.63) is 70.4 Å². The normalized spacial score (nSPS) is 16.6. The van der Waals surface area contributed by atoms with E-state index in [0.29, 0.717) is 32.8 Å². The molecule has 1 aliphatic rings. The molecular weight excluding hydrogens is 370 g/mol. The summed E-state index contributed by atoms with van der Waals surface area (Å²) in [7, 11) is 1.58. The van der Waals surface area contributed by atoms with E-state index in [2.05, 4.69) is 16.0 Å². The Morgan fingerprint density at radius 1 is 1.23 bits per heavy atom. The van der Waals surface area contributed by atoms with Crippen LogP contribution in [0.4, 0.5) is 5.69 Å². The highest BCUT2D eigenvalue weighted by Gasteiger charge is 2.31. The summed E-state index contributed by atoms with van der Waals surface area (Å²) in [5, 5.41) is 10.1. The second-order valence-electron chi connectivity index (χ2n) is 5.78. The van der Waals surface area contributed by atoms with Crippen molar-refractivity contribution in [3.8, 4) is 5.75 Å². The van der Waals surface area contributed by atoms with Crippen LogP contribution in [-0.2, 0) is 4.79 Å². The summed E-state index contributed by atoms with van der Waals surface area (Å²) in [5.74, 6) is 0.417. The lowest BCUT2D eigenvalue weighted by Gasteiger charge is -2.30. The number of benzene rings is 2. The molecule has 1 aliphatic heterocycles. The number of halogens is 1. The maximum atomic E-state index is 13.0. The Morgan fingerprint density at radius 3 is 2.73 bits per heavy atom. The summed E-state index contributed by atoms with van der Waals surface area (Å²) in [6.07, 6.45) is 0. The molecule has 26 heavy (non-hydrogen) atoms. The minimum atomic E-state index is -0.442. The molecule has 0 aliphatic carbocycles. The van der Waals surface area contributed by atoms with Gasteiger partial charge in [-0.15, -0.1) is 0 Å². The zero-order valence-electron chi connectivity index (χ0n) is 14.3. The molecule has 0 spiro atoms. The van der Waals surface area contributed by atoms with Crippen LogP contribution < -0.4 is 20.7 Å². The number of nitrogens with one attached hydrogen (secondary N) is 3. The topological polar surface area (TPSA) is 62.4 Å². The van der Waals surface area contributed by atoms with Gasteiger partial charge in [0.1, 0.15) is 5.75 Å². The monoisotopic (exact) mass is 387 g/mol. The lowest BCUT2D eigenvalue weighted by atomic mass is 9.95. The van der Waals surface area contributed by atoms with E-state index in [1.807, 2.05) is 37.3 Å². The Kier molecular flexibility index (Phi) is 5.44. The maximum Gasteiger partial charge on any atom is 0.255 e. The molecule has 134 valence electrons. The number of allylic oxidation sites excluding steroid dienone is 1. The molecule has 1 heterocycles. The maximum absolute atomic E-state index is 13.0. The van der Waals surface area contributed by atoms with Gasteiger partial charge < -0.3 is 20.7 Å². The largest absolute Gasteiger partial charge is 0.497 e. The summed E-state index contributed by atoms with van der Waals surface area (Å²) in [5.41, 5.74) is 2.63. The lowest BCUT2D eigenvalue weighted by molar-refractivity contribution is -0.113. The van der Waals surface area contributed by atoms with E-state index >= 15 is 0 Å². The first-order valence-electron chi connectivity index (χ1n) is 7.97. The first-order chi connectivity index (χ1) is 12.5. The van der Waals surface area contributed by atoms with Crippen LogP contribution in [0.15, 0.2) is 59.8 Å². The van der Waals surface area contributed by atoms with Crippen molar-refractivity contribution >= 4 is 40.5 Å². The van der Waals surface area contributed by atoms with Gasteiger partial charge in [0.25, 0.3) is 5.91 Å². The van der Waals surface area contributed by atoms with Crippen LogP contribution in [0.1, 0.15) is 18.5 Å². The smallest absolute Gasteiger partial charge is 0.255 e. The molecule has 3 N–H and O–H groups in total. The average Bonchev–Trinajstić information content (AvgIpc) is 2.61. The number of carbonyl (C=O) groups excluding carboxylic acids is 1. The van der Waals surface area contributed by atoms with E-state index < -0.39 is 6.04 Å². The van der Waals surface area contributed by atoms with Gasteiger partial charge in [0.2, 0.25) is 0 Å². The number of anilines is 1. The summed E-state index contributed by atoms with van der Waals surface area (Å²) in [6.45, 7) is 1.82. The van der Waals surface area contributed by atoms with Crippen LogP contribution in [0.2, 0.25) is 5.02 Å². The zero-order valence-corrected chi connectivity index (χ0v) is 15.9. The number of amides is 1. The molecule has 0 fully saturated rings. The molecular formula is C19H18ClN3O2S. The van der Waals surface area contributed by atoms with Crippen molar-refractivity contribution in [2.24, 2.45) is 0 Å². The van der Waals surface area contributed by atoms with Gasteiger partial charge in [0, 0.05) is 22.5 Å². The third kappa shape index (κ3) is 3.81. The lowest BCUT2D eigenvalue weighted by Crippen LogP contribution is -2.45. The molecule has 3 rings (SSSR count). The third-order valence-corrected chi connectivity index (χ3v) is 4.62. The van der Waals surface area contributed by atoms with Gasteiger partial charge in [-0.1, -0.05) is 35.9 Å². The molecule has 0 saturated carbocycles. The SMILES string of the molecule is COc1cccc(NC(=O)C2=C(C)NC(=S)N[C@H]2c2ccccc2Cl)c1. The van der Waals surface area contributed by atoms with Crippen molar-refractivity contribution in [1.29, 1.82) is 0 Å². The van der Waals surface area contributed by atoms with Crippen molar-refractivity contribution < 1.29 is 9.53 Å². The molecule has 1 atom stereocenters. The van der Waals surface area contributed by atoms with E-state index in [0.717, 1.165) is 5.56 Å². The van der Waals surface area contributed by atoms with Crippen molar-refractivity contribution in [3.63, 3.8) is 0 Å². The number of methoxy groups -OCH3 is 1. The van der Waals surface area contributed by atoms with Crippen LogP contribution in [0.3, 0.4) is 0 Å². The van der Waals surface area contributed by atoms with Gasteiger partial charge in [-0.2, -0.15) is 0 Å². The molecule has 5 nitrogen and oxygen atoms in total. The van der Waals surface area contributed by atoms with Crippen LogP contribution in [0.5, 0.6) is 5.75 Å². The molecule has 2 aromatic rings. The first-order valence-corrected chi connectivity index (χ1v) is 8.76. The van der Waals surface area contributed by atoms with Crippen molar-refractivity contribution in [1.82, 2.24) is 10.6 Å². The molecule has 0 saturated heterocycles. The molecule has 2 aromatic carbocycles. The number of ether oxygens (including phenoxy) is 1. The van der Waals surface area contributed by atoms with Crippen LogP contribution >= 0.6 is 23.8 Å². The minimum absolute atomic E-state index is 0.247. The predicted molar refractivity (Wildman–Crippen MR) is 107 cm³/mol. The summed E-state index contributed by atoms with van der Waals surface area (Å²) in [6, 6.07) is 14.1. The Balaban J connectivity index is 1.95. The number of carbonyl (C=O) groups is 1. The van der Waals surface area contributed by atoms with E-state index in [4.69, 9.17) is 28.6 Å². The summed E-state index contributed by atoms with van der Waals surface area (Å²) < 4.78 is 5.20. The Bertz CT molecular complexity index is 898. The van der Waals surface area contributed by atoms with Gasteiger partial charge >= 0.3 is 0 Å². The van der Waals surface area contributed by atoms with E-state index in [9.17, 15) is 4.79 Å². The highest BCUT2D eigenvalue weighted by molar-refractivity contribution is 7.80. The third-order valence-electron chi connectivity index (χ3n) is 4.06. The fraction of sp³-hybridized carbons (Fsp3) is 0.158. The predicted octanol–water partition coefficient (Wildman–Crippen LogP) is 3.78. The molecule has 1 amide bonds. The van der Waals surface area contributed by atoms with Crippen LogP contribution in [0, 0.1) is 0 Å². The van der Waals surface area contributed by atoms with E-state index in [1.165, 1.54) is 0 Å². The molecule has 0 bridgehead atoms. The number of thiocarbonyl (C=S) groups is 1. The zero-order chi connectivity index (χ0) is 18.7. The second kappa shape index (κ2) is 7.76. The first kappa shape index (κ1) is 18.2. The quantitative estimate of drug-likeness (QED) is 0.697. The van der Waals surface area contributed by atoms with Crippen molar-refractivity contribution in [2.45, 2.75) is 13.0 Å². The van der Waals surface area contributed by atoms with Crippen LogP contribution in [-0.4, -0.2) is 18.1 Å². The van der Waals surface area contributed by atoms with Crippen LogP contribution in [0.25, 0.3) is 0 Å². The molecule has 0 aromatic heterocycles. The van der Waals surface area contributed by atoms with Gasteiger partial charge in [-0.25, -0.2) is 0 Å². The standard InChI is InChI=1S/C19H18ClN3O2S/c1-11-16(18(24)22-12-6-5-7-13(10-12)25-2)17(23-19(26)21-11)14-8-3-4-9-15(14)20/h3-10,17H,1-2H3,(H,22,24)(H2,21,23,26)/t17-/m0/s1. The Hall–Kier alpha value is -2.57. The fourth-order valence-corrected chi connectivity index (χ4v) is 3.35. The number of hydrogen-bond donors (Lipinski definition) is 3. The molecule has 7 heteroatoms. The molecule has 0 unspecified atom stereocenters.